The second-order valence-electron chi connectivity index (χ2n) is 8.88. The van der Waals surface area contributed by atoms with E-state index in [1.165, 1.54) is 5.56 Å². The smallest absolute Gasteiger partial charge is 0.225 e. The number of aryl methyl sites for hydroxylation is 1. The molecule has 1 aromatic heterocycles. The summed E-state index contributed by atoms with van der Waals surface area (Å²) in [6.07, 6.45) is 9.27. The van der Waals surface area contributed by atoms with Crippen LogP contribution in [-0.4, -0.2) is 46.0 Å². The van der Waals surface area contributed by atoms with Crippen LogP contribution < -0.4 is 4.90 Å². The Bertz CT molecular complexity index is 559. The molecule has 2 aliphatic rings. The van der Waals surface area contributed by atoms with E-state index in [2.05, 4.69) is 42.6 Å². The summed E-state index contributed by atoms with van der Waals surface area (Å²) in [7, 11) is 0. The van der Waals surface area contributed by atoms with Gasteiger partial charge < -0.3 is 14.7 Å². The van der Waals surface area contributed by atoms with E-state index in [4.69, 9.17) is 4.74 Å². The molecule has 2 fully saturated rings. The van der Waals surface area contributed by atoms with Gasteiger partial charge in [-0.2, -0.15) is 0 Å². The van der Waals surface area contributed by atoms with Crippen molar-refractivity contribution in [2.24, 2.45) is 5.41 Å². The van der Waals surface area contributed by atoms with Crippen molar-refractivity contribution in [2.75, 3.05) is 18.0 Å². The van der Waals surface area contributed by atoms with E-state index in [-0.39, 0.29) is 23.2 Å². The Morgan fingerprint density at radius 2 is 1.88 bits per heavy atom. The number of piperidine rings is 1. The van der Waals surface area contributed by atoms with E-state index in [9.17, 15) is 5.11 Å². The first-order chi connectivity index (χ1) is 11.8. The zero-order valence-corrected chi connectivity index (χ0v) is 16.2. The van der Waals surface area contributed by atoms with E-state index in [1.54, 1.807) is 0 Å². The molecular weight excluding hydrogens is 314 g/mol. The molecule has 5 nitrogen and oxygen atoms in total. The molecule has 0 unspecified atom stereocenters. The maximum absolute atomic E-state index is 10.4. The molecule has 1 N–H and O–H groups in total. The molecular formula is C20H33N3O2. The van der Waals surface area contributed by atoms with Crippen LogP contribution in [0.3, 0.4) is 0 Å². The lowest BCUT2D eigenvalue weighted by molar-refractivity contribution is -0.199. The highest BCUT2D eigenvalue weighted by Crippen LogP contribution is 2.42. The summed E-state index contributed by atoms with van der Waals surface area (Å²) >= 11 is 0. The predicted molar refractivity (Wildman–Crippen MR) is 99.8 cm³/mol. The molecule has 1 spiro atoms. The second-order valence-corrected chi connectivity index (χ2v) is 8.88. The molecule has 0 amide bonds. The van der Waals surface area contributed by atoms with Gasteiger partial charge in [0.05, 0.1) is 17.8 Å². The third-order valence-corrected chi connectivity index (χ3v) is 5.64. The normalized spacial score (nSPS) is 26.8. The number of aliphatic hydroxyl groups is 1. The van der Waals surface area contributed by atoms with Gasteiger partial charge in [-0.05, 0) is 30.2 Å². The topological polar surface area (TPSA) is 58.5 Å². The number of hydrogen-bond donors (Lipinski definition) is 1. The maximum atomic E-state index is 10.4. The first-order valence-electron chi connectivity index (χ1n) is 9.73. The highest BCUT2D eigenvalue weighted by atomic mass is 16.5. The summed E-state index contributed by atoms with van der Waals surface area (Å²) in [5.74, 6) is 0.818. The summed E-state index contributed by atoms with van der Waals surface area (Å²) in [4.78, 5) is 11.3. The molecule has 0 radical (unpaired) electrons. The largest absolute Gasteiger partial charge is 0.393 e. The van der Waals surface area contributed by atoms with E-state index < -0.39 is 0 Å². The van der Waals surface area contributed by atoms with Gasteiger partial charge in [0, 0.05) is 38.3 Å². The van der Waals surface area contributed by atoms with E-state index in [0.29, 0.717) is 0 Å². The number of hydrogen-bond acceptors (Lipinski definition) is 5. The Labute approximate surface area is 151 Å². The minimum atomic E-state index is -0.255. The minimum absolute atomic E-state index is 0.0593. The third kappa shape index (κ3) is 4.32. The summed E-state index contributed by atoms with van der Waals surface area (Å²) in [6, 6.07) is 0. The number of aromatic nitrogens is 2. The summed E-state index contributed by atoms with van der Waals surface area (Å²) in [5, 5.41) is 10.4. The molecule has 25 heavy (non-hydrogen) atoms. The van der Waals surface area contributed by atoms with E-state index in [1.807, 2.05) is 12.4 Å². The zero-order valence-electron chi connectivity index (χ0n) is 16.2. The summed E-state index contributed by atoms with van der Waals surface area (Å²) < 4.78 is 6.56. The Morgan fingerprint density at radius 3 is 2.44 bits per heavy atom. The molecule has 5 heteroatoms. The van der Waals surface area contributed by atoms with Crippen molar-refractivity contribution in [3.05, 3.63) is 18.0 Å². The van der Waals surface area contributed by atoms with Crippen LogP contribution in [0.1, 0.15) is 65.4 Å². The lowest BCUT2D eigenvalue weighted by atomic mass is 9.76. The highest BCUT2D eigenvalue weighted by molar-refractivity contribution is 5.31. The molecule has 2 aliphatic heterocycles. The van der Waals surface area contributed by atoms with E-state index >= 15 is 0 Å². The monoisotopic (exact) mass is 347 g/mol. The van der Waals surface area contributed by atoms with Crippen LogP contribution in [0.15, 0.2) is 12.4 Å². The number of ether oxygens (including phenoxy) is 1. The first kappa shape index (κ1) is 18.6. The van der Waals surface area contributed by atoms with E-state index in [0.717, 1.165) is 57.6 Å². The molecule has 2 atom stereocenters. The van der Waals surface area contributed by atoms with Gasteiger partial charge >= 0.3 is 0 Å². The second kappa shape index (κ2) is 7.20. The predicted octanol–water partition coefficient (Wildman–Crippen LogP) is 3.35. The molecule has 0 saturated carbocycles. The van der Waals surface area contributed by atoms with Crippen LogP contribution in [0.5, 0.6) is 0 Å². The van der Waals surface area contributed by atoms with Crippen molar-refractivity contribution in [1.29, 1.82) is 0 Å². The quantitative estimate of drug-likeness (QED) is 0.908. The molecule has 3 rings (SSSR count). The van der Waals surface area contributed by atoms with Crippen molar-refractivity contribution in [3.63, 3.8) is 0 Å². The van der Waals surface area contributed by atoms with Crippen LogP contribution in [0.2, 0.25) is 0 Å². The van der Waals surface area contributed by atoms with Crippen LogP contribution in [0.4, 0.5) is 5.95 Å². The fourth-order valence-corrected chi connectivity index (χ4v) is 4.05. The molecule has 0 bridgehead atoms. The average Bonchev–Trinajstić information content (AvgIpc) is 2.55. The third-order valence-electron chi connectivity index (χ3n) is 5.64. The van der Waals surface area contributed by atoms with Gasteiger partial charge in [-0.1, -0.05) is 34.1 Å². The van der Waals surface area contributed by atoms with Crippen molar-refractivity contribution in [3.8, 4) is 0 Å². The van der Waals surface area contributed by atoms with Crippen molar-refractivity contribution >= 4 is 5.95 Å². The van der Waals surface area contributed by atoms with Gasteiger partial charge in [-0.15, -0.1) is 0 Å². The molecule has 2 saturated heterocycles. The van der Waals surface area contributed by atoms with Gasteiger partial charge in [0.25, 0.3) is 0 Å². The van der Waals surface area contributed by atoms with Crippen LogP contribution in [0, 0.1) is 5.41 Å². The standard InChI is InChI=1S/C20H33N3O2/c1-5-6-15-13-21-18(22-14-15)23-9-7-20(8-10-23)12-16(24)11-17(25-20)19(2,3)4/h13-14,16-17,24H,5-12H2,1-4H3/t16-,17-/m1/s1. The number of aliphatic hydroxyl groups excluding tert-OH is 1. The number of nitrogens with zero attached hydrogens (tertiary/aromatic N) is 3. The zero-order chi connectivity index (χ0) is 18.1. The maximum Gasteiger partial charge on any atom is 0.225 e. The van der Waals surface area contributed by atoms with Gasteiger partial charge in [-0.25, -0.2) is 9.97 Å². The van der Waals surface area contributed by atoms with Crippen molar-refractivity contribution in [2.45, 2.75) is 84.0 Å². The first-order valence-corrected chi connectivity index (χ1v) is 9.73. The van der Waals surface area contributed by atoms with Crippen molar-refractivity contribution < 1.29 is 9.84 Å². The van der Waals surface area contributed by atoms with Gasteiger partial charge in [0.15, 0.2) is 0 Å². The Balaban J connectivity index is 1.64. The summed E-state index contributed by atoms with van der Waals surface area (Å²) in [5.41, 5.74) is 1.07. The molecule has 0 aliphatic carbocycles. The fraction of sp³-hybridized carbons (Fsp3) is 0.800. The SMILES string of the molecule is CCCc1cnc(N2CCC3(CC2)C[C@H](O)C[C@H](C(C)(C)C)O3)nc1. The van der Waals surface area contributed by atoms with Crippen LogP contribution in [-0.2, 0) is 11.2 Å². The Kier molecular flexibility index (Phi) is 5.35. The minimum Gasteiger partial charge on any atom is -0.393 e. The van der Waals surface area contributed by atoms with Gasteiger partial charge in [0.1, 0.15) is 0 Å². The number of rotatable bonds is 3. The van der Waals surface area contributed by atoms with Crippen LogP contribution >= 0.6 is 0 Å². The number of anilines is 1. The molecule has 3 heterocycles. The lowest BCUT2D eigenvalue weighted by Crippen LogP contribution is -2.55. The van der Waals surface area contributed by atoms with Gasteiger partial charge in [0.2, 0.25) is 5.95 Å². The molecule has 1 aromatic rings. The Morgan fingerprint density at radius 1 is 1.24 bits per heavy atom. The average molecular weight is 348 g/mol. The lowest BCUT2D eigenvalue weighted by Gasteiger charge is -2.50. The summed E-state index contributed by atoms with van der Waals surface area (Å²) in [6.45, 7) is 10.5. The van der Waals surface area contributed by atoms with Crippen molar-refractivity contribution in [1.82, 2.24) is 9.97 Å². The Hall–Kier alpha value is -1.20. The van der Waals surface area contributed by atoms with Crippen LogP contribution in [0.25, 0.3) is 0 Å². The van der Waals surface area contributed by atoms with Gasteiger partial charge in [-0.3, -0.25) is 0 Å². The molecule has 0 aromatic carbocycles. The highest BCUT2D eigenvalue weighted by Gasteiger charge is 2.46. The molecule has 140 valence electrons. The fourth-order valence-electron chi connectivity index (χ4n) is 4.05.